The van der Waals surface area contributed by atoms with Crippen molar-refractivity contribution < 1.29 is 18.8 Å². The Labute approximate surface area is 72.6 Å². The molecular weight excluding hydrogens is 181 g/mol. The summed E-state index contributed by atoms with van der Waals surface area (Å²) in [5.74, 6) is -2.52. The normalized spacial score (nSPS) is 20.9. The van der Waals surface area contributed by atoms with Crippen LogP contribution >= 0.6 is 0 Å². The molecule has 1 heterocycles. The molecule has 72 valence electrons. The molecule has 1 rings (SSSR count). The predicted molar refractivity (Wildman–Crippen MR) is 39.2 cm³/mol. The Morgan fingerprint density at radius 3 is 2.08 bits per heavy atom. The molecule has 0 saturated carbocycles. The average molecular weight is 189 g/mol. The fourth-order valence-electron chi connectivity index (χ4n) is 0.965. The minimum absolute atomic E-state index is 0.161. The Hall–Kier alpha value is -1.50. The third-order valence-corrected chi connectivity index (χ3v) is 1.66. The Morgan fingerprint density at radius 1 is 1.23 bits per heavy atom. The zero-order chi connectivity index (χ0) is 10.1. The van der Waals surface area contributed by atoms with Crippen molar-refractivity contribution in [1.82, 2.24) is 10.6 Å². The summed E-state index contributed by atoms with van der Waals surface area (Å²) in [5, 5.41) is 3.29. The summed E-state index contributed by atoms with van der Waals surface area (Å²) in [4.78, 5) is 32.3. The molecule has 1 aliphatic heterocycles. The van der Waals surface area contributed by atoms with E-state index in [0.29, 0.717) is 0 Å². The topological polar surface area (TPSA) is 101 Å². The van der Waals surface area contributed by atoms with E-state index in [2.05, 4.69) is 0 Å². The number of rotatable bonds is 2. The zero-order valence-corrected chi connectivity index (χ0v) is 6.59. The molecule has 0 spiro atoms. The fourth-order valence-corrected chi connectivity index (χ4v) is 0.965. The SMILES string of the molecule is NCCC1(F)C(=O)NC(=O)NC1=O. The van der Waals surface area contributed by atoms with Crippen LogP contribution in [0.3, 0.4) is 0 Å². The number of halogens is 1. The molecular formula is C6H8FN3O3. The van der Waals surface area contributed by atoms with Gasteiger partial charge in [0.05, 0.1) is 0 Å². The van der Waals surface area contributed by atoms with Crippen LogP contribution in [0.1, 0.15) is 6.42 Å². The van der Waals surface area contributed by atoms with E-state index < -0.39 is 29.9 Å². The molecule has 4 amide bonds. The minimum Gasteiger partial charge on any atom is -0.330 e. The summed E-state index contributed by atoms with van der Waals surface area (Å²) in [5.41, 5.74) is 2.30. The molecule has 1 aliphatic rings. The number of hydrogen-bond acceptors (Lipinski definition) is 4. The quantitative estimate of drug-likeness (QED) is 0.456. The lowest BCUT2D eigenvalue weighted by molar-refractivity contribution is -0.146. The van der Waals surface area contributed by atoms with Crippen LogP contribution in [0.5, 0.6) is 0 Å². The maximum absolute atomic E-state index is 13.5. The number of barbiturate groups is 1. The van der Waals surface area contributed by atoms with E-state index in [4.69, 9.17) is 5.73 Å². The van der Waals surface area contributed by atoms with E-state index in [9.17, 15) is 18.8 Å². The molecule has 1 fully saturated rings. The lowest BCUT2D eigenvalue weighted by Crippen LogP contribution is -2.65. The Morgan fingerprint density at radius 2 is 1.69 bits per heavy atom. The summed E-state index contributed by atoms with van der Waals surface area (Å²) < 4.78 is 13.5. The number of alkyl halides is 1. The molecule has 0 bridgehead atoms. The number of urea groups is 1. The first-order valence-corrected chi connectivity index (χ1v) is 3.56. The fraction of sp³-hybridized carbons (Fsp3) is 0.500. The second kappa shape index (κ2) is 3.09. The molecule has 0 atom stereocenters. The van der Waals surface area contributed by atoms with Gasteiger partial charge in [-0.25, -0.2) is 9.18 Å². The number of carbonyl (C=O) groups excluding carboxylic acids is 3. The molecule has 0 aromatic heterocycles. The van der Waals surface area contributed by atoms with Crippen LogP contribution in [-0.4, -0.2) is 30.1 Å². The van der Waals surface area contributed by atoms with Gasteiger partial charge in [0.25, 0.3) is 17.5 Å². The number of carbonyl (C=O) groups is 3. The zero-order valence-electron chi connectivity index (χ0n) is 6.59. The van der Waals surface area contributed by atoms with E-state index in [0.717, 1.165) is 0 Å². The summed E-state index contributed by atoms with van der Waals surface area (Å²) >= 11 is 0. The van der Waals surface area contributed by atoms with Crippen molar-refractivity contribution in [3.63, 3.8) is 0 Å². The molecule has 0 aromatic carbocycles. The van der Waals surface area contributed by atoms with E-state index >= 15 is 0 Å². The smallest absolute Gasteiger partial charge is 0.328 e. The highest BCUT2D eigenvalue weighted by Crippen LogP contribution is 2.18. The van der Waals surface area contributed by atoms with Gasteiger partial charge in [0.2, 0.25) is 0 Å². The van der Waals surface area contributed by atoms with Gasteiger partial charge in [0, 0.05) is 6.42 Å². The van der Waals surface area contributed by atoms with Gasteiger partial charge in [-0.3, -0.25) is 20.2 Å². The summed E-state index contributed by atoms with van der Waals surface area (Å²) in [6.07, 6.45) is -0.446. The van der Waals surface area contributed by atoms with Gasteiger partial charge < -0.3 is 5.73 Å². The second-order valence-corrected chi connectivity index (χ2v) is 2.58. The van der Waals surface area contributed by atoms with Crippen molar-refractivity contribution in [3.8, 4) is 0 Å². The van der Waals surface area contributed by atoms with Crippen molar-refractivity contribution in [1.29, 1.82) is 0 Å². The monoisotopic (exact) mass is 189 g/mol. The van der Waals surface area contributed by atoms with Crippen LogP contribution in [0.15, 0.2) is 0 Å². The van der Waals surface area contributed by atoms with Crippen molar-refractivity contribution in [2.45, 2.75) is 12.1 Å². The van der Waals surface area contributed by atoms with E-state index in [-0.39, 0.29) is 6.54 Å². The third-order valence-electron chi connectivity index (χ3n) is 1.66. The molecule has 6 nitrogen and oxygen atoms in total. The molecule has 7 heteroatoms. The molecule has 1 saturated heterocycles. The summed E-state index contributed by atoms with van der Waals surface area (Å²) in [6.45, 7) is -0.161. The standard InChI is InChI=1S/C6H8FN3O3/c7-6(1-2-8)3(11)9-5(13)10-4(6)12/h1-2,8H2,(H2,9,10,11,12,13). The van der Waals surface area contributed by atoms with Crippen LogP contribution < -0.4 is 16.4 Å². The van der Waals surface area contributed by atoms with E-state index in [1.165, 1.54) is 0 Å². The third kappa shape index (κ3) is 1.50. The highest BCUT2D eigenvalue weighted by Gasteiger charge is 2.50. The highest BCUT2D eigenvalue weighted by molar-refractivity contribution is 6.21. The predicted octanol–water partition coefficient (Wildman–Crippen LogP) is -1.59. The first kappa shape index (κ1) is 9.59. The van der Waals surface area contributed by atoms with E-state index in [1.807, 2.05) is 0 Å². The van der Waals surface area contributed by atoms with Crippen LogP contribution in [0.4, 0.5) is 9.18 Å². The van der Waals surface area contributed by atoms with Gasteiger partial charge in [0.15, 0.2) is 0 Å². The van der Waals surface area contributed by atoms with Crippen molar-refractivity contribution in [2.24, 2.45) is 5.73 Å². The van der Waals surface area contributed by atoms with Gasteiger partial charge in [-0.15, -0.1) is 0 Å². The van der Waals surface area contributed by atoms with Gasteiger partial charge >= 0.3 is 6.03 Å². The molecule has 0 aliphatic carbocycles. The number of nitrogens with two attached hydrogens (primary N) is 1. The molecule has 0 radical (unpaired) electrons. The molecule has 0 unspecified atom stereocenters. The van der Waals surface area contributed by atoms with Gasteiger partial charge in [-0.1, -0.05) is 0 Å². The molecule has 13 heavy (non-hydrogen) atoms. The lowest BCUT2D eigenvalue weighted by atomic mass is 9.98. The maximum atomic E-state index is 13.5. The van der Waals surface area contributed by atoms with Gasteiger partial charge in [-0.2, -0.15) is 0 Å². The van der Waals surface area contributed by atoms with Crippen LogP contribution in [0.2, 0.25) is 0 Å². The van der Waals surface area contributed by atoms with Crippen LogP contribution in [0.25, 0.3) is 0 Å². The largest absolute Gasteiger partial charge is 0.330 e. The lowest BCUT2D eigenvalue weighted by Gasteiger charge is -2.25. The molecule has 0 aromatic rings. The Balaban J connectivity index is 2.89. The summed E-state index contributed by atoms with van der Waals surface area (Å²) in [7, 11) is 0. The Bertz CT molecular complexity index is 258. The highest BCUT2D eigenvalue weighted by atomic mass is 19.1. The minimum atomic E-state index is -2.72. The maximum Gasteiger partial charge on any atom is 0.328 e. The number of amides is 4. The number of nitrogens with one attached hydrogen (secondary N) is 2. The van der Waals surface area contributed by atoms with Crippen molar-refractivity contribution >= 4 is 17.8 Å². The number of hydrogen-bond donors (Lipinski definition) is 3. The first-order valence-electron chi connectivity index (χ1n) is 3.56. The Kier molecular flexibility index (Phi) is 2.28. The van der Waals surface area contributed by atoms with Crippen molar-refractivity contribution in [3.05, 3.63) is 0 Å². The first-order chi connectivity index (χ1) is 6.00. The van der Waals surface area contributed by atoms with Gasteiger partial charge in [-0.05, 0) is 6.54 Å². The second-order valence-electron chi connectivity index (χ2n) is 2.58. The van der Waals surface area contributed by atoms with Crippen molar-refractivity contribution in [2.75, 3.05) is 6.54 Å². The number of imide groups is 2. The molecule has 4 N–H and O–H groups in total. The average Bonchev–Trinajstić information content (AvgIpc) is 2.01. The summed E-state index contributed by atoms with van der Waals surface area (Å²) in [6, 6.07) is -1.01. The van der Waals surface area contributed by atoms with Crippen LogP contribution in [0, 0.1) is 0 Å². The van der Waals surface area contributed by atoms with Crippen LogP contribution in [-0.2, 0) is 9.59 Å². The van der Waals surface area contributed by atoms with E-state index in [1.54, 1.807) is 10.6 Å². The van der Waals surface area contributed by atoms with Gasteiger partial charge in [0.1, 0.15) is 0 Å².